The van der Waals surface area contributed by atoms with Crippen molar-refractivity contribution in [2.45, 2.75) is 32.6 Å². The summed E-state index contributed by atoms with van der Waals surface area (Å²) in [5.41, 5.74) is 6.21. The Labute approximate surface area is 183 Å². The summed E-state index contributed by atoms with van der Waals surface area (Å²) in [5.74, 6) is -0.0650. The van der Waals surface area contributed by atoms with Crippen LogP contribution in [0.5, 0.6) is 5.75 Å². The van der Waals surface area contributed by atoms with E-state index in [1.54, 1.807) is 30.3 Å². The second-order valence-corrected chi connectivity index (χ2v) is 7.28. The third-order valence-corrected chi connectivity index (χ3v) is 4.92. The Morgan fingerprint density at radius 2 is 1.65 bits per heavy atom. The van der Waals surface area contributed by atoms with E-state index in [0.717, 1.165) is 34.9 Å². The lowest BCUT2D eigenvalue weighted by atomic mass is 10.0. The summed E-state index contributed by atoms with van der Waals surface area (Å²) in [6.07, 6.45) is 7.72. The molecule has 3 aromatic rings. The van der Waals surface area contributed by atoms with Gasteiger partial charge in [0.25, 0.3) is 11.8 Å². The molecular weight excluding hydrogens is 388 g/mol. The van der Waals surface area contributed by atoms with Crippen molar-refractivity contribution in [3.05, 3.63) is 83.9 Å². The molecule has 0 spiro atoms. The van der Waals surface area contributed by atoms with Crippen molar-refractivity contribution >= 4 is 28.7 Å². The molecule has 0 saturated heterocycles. The van der Waals surface area contributed by atoms with E-state index in [1.807, 2.05) is 42.5 Å². The van der Waals surface area contributed by atoms with Gasteiger partial charge in [-0.25, -0.2) is 0 Å². The molecule has 0 aliphatic carbocycles. The molecule has 0 aliphatic heterocycles. The Morgan fingerprint density at radius 1 is 0.871 bits per heavy atom. The molecule has 0 saturated carbocycles. The predicted octanol–water partition coefficient (Wildman–Crippen LogP) is 5.27. The van der Waals surface area contributed by atoms with Crippen LogP contribution in [0.15, 0.2) is 72.8 Å². The molecule has 0 aliphatic rings. The molecule has 0 aromatic heterocycles. The number of rotatable bonds is 9. The van der Waals surface area contributed by atoms with Crippen LogP contribution in [0.2, 0.25) is 0 Å². The van der Waals surface area contributed by atoms with E-state index in [-0.39, 0.29) is 5.91 Å². The number of carbonyl (C=O) groups is 2. The van der Waals surface area contributed by atoms with Crippen LogP contribution in [0.4, 0.5) is 0 Å². The van der Waals surface area contributed by atoms with E-state index in [0.29, 0.717) is 12.2 Å². The summed E-state index contributed by atoms with van der Waals surface area (Å²) in [5, 5.41) is 2.16. The Hall–Kier alpha value is -3.60. The highest BCUT2D eigenvalue weighted by atomic mass is 16.5. The second-order valence-electron chi connectivity index (χ2n) is 7.28. The summed E-state index contributed by atoms with van der Waals surface area (Å²) >= 11 is 0. The number of hydrogen-bond donors (Lipinski definition) is 2. The lowest BCUT2D eigenvalue weighted by molar-refractivity contribution is -0.117. The quantitative estimate of drug-likeness (QED) is 0.284. The lowest BCUT2D eigenvalue weighted by Gasteiger charge is -2.08. The van der Waals surface area contributed by atoms with Crippen LogP contribution in [-0.2, 0) is 4.79 Å². The van der Waals surface area contributed by atoms with E-state index in [1.165, 1.54) is 18.9 Å². The Kier molecular flexibility index (Phi) is 8.23. The number of hydrazine groups is 1. The number of amides is 2. The number of hydrogen-bond acceptors (Lipinski definition) is 3. The van der Waals surface area contributed by atoms with Gasteiger partial charge in [0.2, 0.25) is 0 Å². The summed E-state index contributed by atoms with van der Waals surface area (Å²) in [6, 6.07) is 20.8. The molecule has 160 valence electrons. The largest absolute Gasteiger partial charge is 0.494 e. The van der Waals surface area contributed by atoms with Crippen molar-refractivity contribution in [3.63, 3.8) is 0 Å². The molecule has 2 N–H and O–H groups in total. The lowest BCUT2D eigenvalue weighted by Crippen LogP contribution is -2.40. The van der Waals surface area contributed by atoms with E-state index in [2.05, 4.69) is 17.8 Å². The molecule has 0 unspecified atom stereocenters. The molecular formula is C26H28N2O3. The molecule has 0 fully saturated rings. The van der Waals surface area contributed by atoms with Crippen molar-refractivity contribution in [3.8, 4) is 5.75 Å². The molecule has 0 heterocycles. The minimum atomic E-state index is -0.409. The average Bonchev–Trinajstić information content (AvgIpc) is 2.81. The van der Waals surface area contributed by atoms with Crippen LogP contribution < -0.4 is 15.6 Å². The van der Waals surface area contributed by atoms with E-state index in [9.17, 15) is 9.59 Å². The standard InChI is InChI=1S/C26H28N2O3/c1-2-3-4-7-19-31-23-16-13-22(14-17-23)26(30)28-27-25(29)18-15-21-11-8-10-20-9-5-6-12-24(20)21/h5-6,8-18H,2-4,7,19H2,1H3,(H,27,29)(H,28,30). The fourth-order valence-corrected chi connectivity index (χ4v) is 3.21. The summed E-state index contributed by atoms with van der Waals surface area (Å²) in [4.78, 5) is 24.4. The summed E-state index contributed by atoms with van der Waals surface area (Å²) in [7, 11) is 0. The zero-order valence-electron chi connectivity index (χ0n) is 17.8. The molecule has 0 radical (unpaired) electrons. The maximum Gasteiger partial charge on any atom is 0.269 e. The first-order chi connectivity index (χ1) is 15.2. The van der Waals surface area contributed by atoms with Crippen LogP contribution in [0.1, 0.15) is 48.5 Å². The smallest absolute Gasteiger partial charge is 0.269 e. The number of carbonyl (C=O) groups excluding carboxylic acids is 2. The number of benzene rings is 3. The van der Waals surface area contributed by atoms with Crippen LogP contribution >= 0.6 is 0 Å². The third-order valence-electron chi connectivity index (χ3n) is 4.92. The van der Waals surface area contributed by atoms with Gasteiger partial charge in [-0.3, -0.25) is 20.4 Å². The number of fused-ring (bicyclic) bond motifs is 1. The van der Waals surface area contributed by atoms with Gasteiger partial charge in [0, 0.05) is 11.6 Å². The SMILES string of the molecule is CCCCCCOc1ccc(C(=O)NNC(=O)C=Cc2cccc3ccccc23)cc1. The maximum absolute atomic E-state index is 12.3. The van der Waals surface area contributed by atoms with Gasteiger partial charge < -0.3 is 4.74 Å². The number of nitrogens with one attached hydrogen (secondary N) is 2. The van der Waals surface area contributed by atoms with Gasteiger partial charge in [-0.05, 0) is 53.1 Å². The maximum atomic E-state index is 12.3. The Bertz CT molecular complexity index is 1040. The molecule has 5 heteroatoms. The fourth-order valence-electron chi connectivity index (χ4n) is 3.21. The zero-order valence-corrected chi connectivity index (χ0v) is 17.8. The topological polar surface area (TPSA) is 67.4 Å². The van der Waals surface area contributed by atoms with Crippen molar-refractivity contribution in [1.82, 2.24) is 10.9 Å². The van der Waals surface area contributed by atoms with E-state index >= 15 is 0 Å². The first-order valence-electron chi connectivity index (χ1n) is 10.7. The van der Waals surface area contributed by atoms with Gasteiger partial charge in [0.1, 0.15) is 5.75 Å². The molecule has 0 atom stereocenters. The molecule has 31 heavy (non-hydrogen) atoms. The Morgan fingerprint density at radius 3 is 2.45 bits per heavy atom. The molecule has 3 rings (SSSR count). The summed E-state index contributed by atoms with van der Waals surface area (Å²) in [6.45, 7) is 2.85. The molecule has 0 bridgehead atoms. The highest BCUT2D eigenvalue weighted by Gasteiger charge is 2.06. The monoisotopic (exact) mass is 416 g/mol. The van der Waals surface area contributed by atoms with Crippen LogP contribution in [0.25, 0.3) is 16.8 Å². The minimum Gasteiger partial charge on any atom is -0.494 e. The molecule has 2 amide bonds. The fraction of sp³-hybridized carbons (Fsp3) is 0.231. The van der Waals surface area contributed by atoms with Crippen molar-refractivity contribution in [2.24, 2.45) is 0 Å². The zero-order chi connectivity index (χ0) is 21.9. The normalized spacial score (nSPS) is 10.9. The first kappa shape index (κ1) is 22.1. The molecule has 5 nitrogen and oxygen atoms in total. The molecule has 3 aromatic carbocycles. The van der Waals surface area contributed by atoms with Gasteiger partial charge in [-0.1, -0.05) is 68.7 Å². The van der Waals surface area contributed by atoms with Gasteiger partial charge in [0.15, 0.2) is 0 Å². The van der Waals surface area contributed by atoms with Crippen molar-refractivity contribution < 1.29 is 14.3 Å². The number of ether oxygens (including phenoxy) is 1. The number of unbranched alkanes of at least 4 members (excludes halogenated alkanes) is 3. The van der Waals surface area contributed by atoms with Gasteiger partial charge in [0.05, 0.1) is 6.61 Å². The van der Waals surface area contributed by atoms with Gasteiger partial charge in [-0.2, -0.15) is 0 Å². The highest BCUT2D eigenvalue weighted by molar-refractivity contribution is 5.99. The summed E-state index contributed by atoms with van der Waals surface area (Å²) < 4.78 is 5.68. The second kappa shape index (κ2) is 11.6. The van der Waals surface area contributed by atoms with Gasteiger partial charge in [-0.15, -0.1) is 0 Å². The van der Waals surface area contributed by atoms with Crippen LogP contribution in [0.3, 0.4) is 0 Å². The minimum absolute atomic E-state index is 0.388. The van der Waals surface area contributed by atoms with E-state index in [4.69, 9.17) is 4.74 Å². The van der Waals surface area contributed by atoms with Gasteiger partial charge >= 0.3 is 0 Å². The first-order valence-corrected chi connectivity index (χ1v) is 10.7. The van der Waals surface area contributed by atoms with Crippen LogP contribution in [-0.4, -0.2) is 18.4 Å². The van der Waals surface area contributed by atoms with Crippen molar-refractivity contribution in [1.29, 1.82) is 0 Å². The van der Waals surface area contributed by atoms with Crippen molar-refractivity contribution in [2.75, 3.05) is 6.61 Å². The Balaban J connectivity index is 1.47. The third kappa shape index (κ3) is 6.71. The van der Waals surface area contributed by atoms with Crippen LogP contribution in [0, 0.1) is 0 Å². The van der Waals surface area contributed by atoms with E-state index < -0.39 is 5.91 Å². The highest BCUT2D eigenvalue weighted by Crippen LogP contribution is 2.19. The average molecular weight is 417 g/mol. The predicted molar refractivity (Wildman–Crippen MR) is 125 cm³/mol.